The molecule has 2 fully saturated rings. The van der Waals surface area contributed by atoms with Gasteiger partial charge in [0.1, 0.15) is 11.9 Å². The first-order valence-electron chi connectivity index (χ1n) is 10.4. The zero-order valence-electron chi connectivity index (χ0n) is 18.1. The van der Waals surface area contributed by atoms with Crippen LogP contribution in [0.5, 0.6) is 0 Å². The number of aromatic nitrogens is 1. The van der Waals surface area contributed by atoms with Gasteiger partial charge in [-0.3, -0.25) is 9.69 Å². The van der Waals surface area contributed by atoms with Gasteiger partial charge in [-0.05, 0) is 43.2 Å². The van der Waals surface area contributed by atoms with Gasteiger partial charge in [-0.1, -0.05) is 6.07 Å². The van der Waals surface area contributed by atoms with Gasteiger partial charge in [-0.25, -0.2) is 9.78 Å². The standard InChI is InChI=1S/C23H26N6O2/c1-16-12-17(2)21(25-15-16)27-7-9-28(10-8-27)22(30)20-5-4-19(13-18(20)14-24)29-11-6-26(3)23(29)31/h4-5,12-13,15H,6-11H2,1-3H3. The lowest BCUT2D eigenvalue weighted by atomic mass is 10.0. The van der Waals surface area contributed by atoms with E-state index in [0.29, 0.717) is 56.1 Å². The predicted octanol–water partition coefficient (Wildman–Crippen LogP) is 2.40. The lowest BCUT2D eigenvalue weighted by Gasteiger charge is -2.36. The molecule has 8 nitrogen and oxygen atoms in total. The molecule has 2 aliphatic rings. The van der Waals surface area contributed by atoms with E-state index in [9.17, 15) is 14.9 Å². The Morgan fingerprint density at radius 1 is 1.06 bits per heavy atom. The molecule has 4 rings (SSSR count). The quantitative estimate of drug-likeness (QED) is 0.764. The number of nitriles is 1. The summed E-state index contributed by atoms with van der Waals surface area (Å²) in [4.78, 5) is 37.2. The molecular weight excluding hydrogens is 392 g/mol. The largest absolute Gasteiger partial charge is 0.353 e. The first-order chi connectivity index (χ1) is 14.9. The number of pyridine rings is 1. The van der Waals surface area contributed by atoms with Crippen LogP contribution in [0.15, 0.2) is 30.5 Å². The molecule has 3 amide bonds. The molecule has 3 heterocycles. The lowest BCUT2D eigenvalue weighted by Crippen LogP contribution is -2.49. The molecule has 0 saturated carbocycles. The highest BCUT2D eigenvalue weighted by Gasteiger charge is 2.29. The minimum atomic E-state index is -0.152. The van der Waals surface area contributed by atoms with Crippen LogP contribution < -0.4 is 9.80 Å². The van der Waals surface area contributed by atoms with Gasteiger partial charge >= 0.3 is 6.03 Å². The van der Waals surface area contributed by atoms with Crippen molar-refractivity contribution in [1.82, 2.24) is 14.8 Å². The van der Waals surface area contributed by atoms with E-state index in [4.69, 9.17) is 0 Å². The Morgan fingerprint density at radius 2 is 1.81 bits per heavy atom. The van der Waals surface area contributed by atoms with E-state index in [1.54, 1.807) is 39.9 Å². The minimum Gasteiger partial charge on any atom is -0.353 e. The van der Waals surface area contributed by atoms with Crippen LogP contribution >= 0.6 is 0 Å². The van der Waals surface area contributed by atoms with Crippen molar-refractivity contribution >= 4 is 23.4 Å². The Bertz CT molecular complexity index is 1070. The molecule has 0 spiro atoms. The number of hydrogen-bond acceptors (Lipinski definition) is 5. The summed E-state index contributed by atoms with van der Waals surface area (Å²) in [5.41, 5.74) is 3.58. The van der Waals surface area contributed by atoms with Gasteiger partial charge in [0.25, 0.3) is 5.91 Å². The molecule has 0 aliphatic carbocycles. The molecule has 0 unspecified atom stereocenters. The van der Waals surface area contributed by atoms with E-state index in [-0.39, 0.29) is 11.9 Å². The van der Waals surface area contributed by atoms with Crippen molar-refractivity contribution < 1.29 is 9.59 Å². The molecule has 1 aromatic heterocycles. The van der Waals surface area contributed by atoms with Crippen LogP contribution in [0.1, 0.15) is 27.0 Å². The second kappa shape index (κ2) is 8.26. The van der Waals surface area contributed by atoms with Gasteiger partial charge in [0.15, 0.2) is 0 Å². The monoisotopic (exact) mass is 418 g/mol. The molecule has 160 valence electrons. The SMILES string of the molecule is Cc1cnc(N2CCN(C(=O)c3ccc(N4CCN(C)C4=O)cc3C#N)CC2)c(C)c1. The average molecular weight is 419 g/mol. The summed E-state index contributed by atoms with van der Waals surface area (Å²) in [5, 5.41) is 9.64. The summed E-state index contributed by atoms with van der Waals surface area (Å²) in [7, 11) is 1.75. The summed E-state index contributed by atoms with van der Waals surface area (Å²) in [6.07, 6.45) is 1.86. The number of carbonyl (C=O) groups excluding carboxylic acids is 2. The number of hydrogen-bond donors (Lipinski definition) is 0. The van der Waals surface area contributed by atoms with Crippen LogP contribution in [-0.2, 0) is 0 Å². The lowest BCUT2D eigenvalue weighted by molar-refractivity contribution is 0.0746. The number of urea groups is 1. The van der Waals surface area contributed by atoms with Gasteiger partial charge in [0, 0.05) is 58.2 Å². The van der Waals surface area contributed by atoms with Gasteiger partial charge in [-0.2, -0.15) is 5.26 Å². The van der Waals surface area contributed by atoms with E-state index in [1.165, 1.54) is 0 Å². The smallest absolute Gasteiger partial charge is 0.324 e. The molecule has 2 aromatic rings. The highest BCUT2D eigenvalue weighted by atomic mass is 16.2. The maximum Gasteiger partial charge on any atom is 0.324 e. The van der Waals surface area contributed by atoms with Crippen LogP contribution in [0.2, 0.25) is 0 Å². The fourth-order valence-electron chi connectivity index (χ4n) is 4.20. The molecule has 0 radical (unpaired) electrons. The normalized spacial score (nSPS) is 16.6. The van der Waals surface area contributed by atoms with Crippen LogP contribution in [0.25, 0.3) is 0 Å². The molecule has 0 N–H and O–H groups in total. The van der Waals surface area contributed by atoms with Crippen molar-refractivity contribution in [2.75, 3.05) is 56.1 Å². The van der Waals surface area contributed by atoms with Crippen molar-refractivity contribution in [3.8, 4) is 6.07 Å². The number of rotatable bonds is 3. The van der Waals surface area contributed by atoms with Crippen molar-refractivity contribution in [2.45, 2.75) is 13.8 Å². The molecule has 31 heavy (non-hydrogen) atoms. The summed E-state index contributed by atoms with van der Waals surface area (Å²) in [6.45, 7) is 7.80. The third kappa shape index (κ3) is 3.91. The van der Waals surface area contributed by atoms with Crippen LogP contribution in [0, 0.1) is 25.2 Å². The van der Waals surface area contributed by atoms with Crippen molar-refractivity contribution in [2.24, 2.45) is 0 Å². The third-order valence-corrected chi connectivity index (χ3v) is 5.94. The van der Waals surface area contributed by atoms with Crippen molar-refractivity contribution in [3.63, 3.8) is 0 Å². The number of aryl methyl sites for hydroxylation is 2. The van der Waals surface area contributed by atoms with Crippen LogP contribution in [-0.4, -0.2) is 73.0 Å². The maximum absolute atomic E-state index is 13.1. The molecular formula is C23H26N6O2. The second-order valence-electron chi connectivity index (χ2n) is 8.13. The number of piperazine rings is 1. The Hall–Kier alpha value is -3.60. The average Bonchev–Trinajstić information content (AvgIpc) is 3.11. The van der Waals surface area contributed by atoms with Gasteiger partial charge in [0.05, 0.1) is 11.1 Å². The number of nitrogens with zero attached hydrogens (tertiary/aromatic N) is 6. The molecule has 1 aromatic carbocycles. The van der Waals surface area contributed by atoms with E-state index < -0.39 is 0 Å². The topological polar surface area (TPSA) is 83.8 Å². The molecule has 8 heteroatoms. The summed E-state index contributed by atoms with van der Waals surface area (Å²) < 4.78 is 0. The summed E-state index contributed by atoms with van der Waals surface area (Å²) in [5.74, 6) is 0.807. The van der Waals surface area contributed by atoms with Crippen LogP contribution in [0.3, 0.4) is 0 Å². The predicted molar refractivity (Wildman–Crippen MR) is 118 cm³/mol. The fraction of sp³-hybridized carbons (Fsp3) is 0.391. The van der Waals surface area contributed by atoms with Crippen LogP contribution in [0.4, 0.5) is 16.3 Å². The zero-order chi connectivity index (χ0) is 22.1. The van der Waals surface area contributed by atoms with Gasteiger partial charge in [0.2, 0.25) is 0 Å². The number of likely N-dealkylation sites (N-methyl/N-ethyl adjacent to an activating group) is 1. The highest BCUT2D eigenvalue weighted by molar-refractivity contribution is 5.99. The first-order valence-corrected chi connectivity index (χ1v) is 10.4. The second-order valence-corrected chi connectivity index (χ2v) is 8.13. The number of amides is 3. The Kier molecular flexibility index (Phi) is 5.51. The van der Waals surface area contributed by atoms with Crippen molar-refractivity contribution in [3.05, 3.63) is 52.7 Å². The number of carbonyl (C=O) groups is 2. The van der Waals surface area contributed by atoms with Gasteiger partial charge < -0.3 is 14.7 Å². The molecule has 0 atom stereocenters. The molecule has 2 aliphatic heterocycles. The van der Waals surface area contributed by atoms with E-state index in [2.05, 4.69) is 28.9 Å². The number of anilines is 2. The zero-order valence-corrected chi connectivity index (χ0v) is 18.1. The Balaban J connectivity index is 1.47. The van der Waals surface area contributed by atoms with E-state index >= 15 is 0 Å². The van der Waals surface area contributed by atoms with E-state index in [0.717, 1.165) is 16.9 Å². The van der Waals surface area contributed by atoms with Crippen molar-refractivity contribution in [1.29, 1.82) is 5.26 Å². The fourth-order valence-corrected chi connectivity index (χ4v) is 4.20. The maximum atomic E-state index is 13.1. The summed E-state index contributed by atoms with van der Waals surface area (Å²) in [6, 6.07) is 9.21. The first kappa shape index (κ1) is 20.7. The molecule has 0 bridgehead atoms. The number of benzene rings is 1. The van der Waals surface area contributed by atoms with E-state index in [1.807, 2.05) is 13.1 Å². The summed E-state index contributed by atoms with van der Waals surface area (Å²) >= 11 is 0. The molecule has 2 saturated heterocycles. The third-order valence-electron chi connectivity index (χ3n) is 5.94. The van der Waals surface area contributed by atoms with Gasteiger partial charge in [-0.15, -0.1) is 0 Å². The highest BCUT2D eigenvalue weighted by Crippen LogP contribution is 2.25. The Labute approximate surface area is 182 Å². The Morgan fingerprint density at radius 3 is 2.42 bits per heavy atom. The minimum absolute atomic E-state index is 0.0981.